The number of benzene rings is 1. The topological polar surface area (TPSA) is 46.9 Å². The van der Waals surface area contributed by atoms with Gasteiger partial charge in [0.1, 0.15) is 5.69 Å². The Morgan fingerprint density at radius 3 is 2.42 bits per heavy atom. The number of carbonyl (C=O) groups excluding carboxylic acids is 1. The molecule has 0 aliphatic rings. The van der Waals surface area contributed by atoms with Crippen molar-refractivity contribution in [2.75, 3.05) is 0 Å². The zero-order chi connectivity index (χ0) is 18.0. The summed E-state index contributed by atoms with van der Waals surface area (Å²) in [7, 11) is 0. The molecular weight excluding hydrogens is 298 g/mol. The van der Waals surface area contributed by atoms with Crippen molar-refractivity contribution in [2.24, 2.45) is 0 Å². The maximum absolute atomic E-state index is 12.6. The highest BCUT2D eigenvalue weighted by molar-refractivity contribution is 5.96. The van der Waals surface area contributed by atoms with Crippen LogP contribution in [0.15, 0.2) is 18.2 Å². The van der Waals surface area contributed by atoms with E-state index in [4.69, 9.17) is 11.5 Å². The van der Waals surface area contributed by atoms with Gasteiger partial charge in [-0.15, -0.1) is 6.42 Å². The summed E-state index contributed by atoms with van der Waals surface area (Å²) in [6.07, 6.45) is 5.50. The third-order valence-corrected chi connectivity index (χ3v) is 3.93. The first kappa shape index (κ1) is 17.8. The molecule has 4 nitrogen and oxygen atoms in total. The Morgan fingerprint density at radius 1 is 1.25 bits per heavy atom. The second kappa shape index (κ2) is 6.92. The first-order valence-electron chi connectivity index (χ1n) is 8.23. The number of aryl methyl sites for hydroxylation is 1. The number of rotatable bonds is 4. The normalized spacial score (nSPS) is 11.0. The molecule has 1 heterocycles. The third kappa shape index (κ3) is 3.35. The monoisotopic (exact) mass is 323 g/mol. The van der Waals surface area contributed by atoms with E-state index < -0.39 is 0 Å². The fourth-order valence-corrected chi connectivity index (χ4v) is 2.74. The summed E-state index contributed by atoms with van der Waals surface area (Å²) >= 11 is 0. The van der Waals surface area contributed by atoms with Gasteiger partial charge in [-0.1, -0.05) is 12.0 Å². The van der Waals surface area contributed by atoms with E-state index in [9.17, 15) is 4.79 Å². The minimum atomic E-state index is -0.0908. The lowest BCUT2D eigenvalue weighted by Crippen LogP contribution is -2.32. The average molecular weight is 323 g/mol. The molecule has 0 bridgehead atoms. The molecule has 0 aliphatic carbocycles. The van der Waals surface area contributed by atoms with Crippen molar-refractivity contribution in [3.8, 4) is 23.6 Å². The maximum Gasteiger partial charge on any atom is 0.270 e. The van der Waals surface area contributed by atoms with Crippen molar-refractivity contribution in [3.05, 3.63) is 40.6 Å². The van der Waals surface area contributed by atoms with E-state index in [0.29, 0.717) is 5.69 Å². The highest BCUT2D eigenvalue weighted by atomic mass is 16.2. The van der Waals surface area contributed by atoms with Crippen molar-refractivity contribution in [2.45, 2.75) is 53.6 Å². The zero-order valence-electron chi connectivity index (χ0n) is 15.3. The largest absolute Gasteiger partial charge is 0.349 e. The van der Waals surface area contributed by atoms with Crippen LogP contribution in [-0.2, 0) is 0 Å². The predicted molar refractivity (Wildman–Crippen MR) is 98.1 cm³/mol. The van der Waals surface area contributed by atoms with Crippen LogP contribution in [0.4, 0.5) is 0 Å². The molecule has 0 spiro atoms. The van der Waals surface area contributed by atoms with Crippen molar-refractivity contribution in [1.29, 1.82) is 0 Å². The van der Waals surface area contributed by atoms with Crippen LogP contribution in [0.5, 0.6) is 0 Å². The Hall–Kier alpha value is -2.54. The summed E-state index contributed by atoms with van der Waals surface area (Å²) in [6, 6.07) is 6.09. The number of nitrogens with one attached hydrogen (secondary N) is 1. The molecule has 0 fully saturated rings. The van der Waals surface area contributed by atoms with E-state index in [1.807, 2.05) is 59.7 Å². The Bertz CT molecular complexity index is 807. The van der Waals surface area contributed by atoms with Crippen LogP contribution in [0.1, 0.15) is 60.9 Å². The molecule has 4 heteroatoms. The molecule has 2 rings (SSSR count). The molecule has 0 aliphatic heterocycles. The summed E-state index contributed by atoms with van der Waals surface area (Å²) < 4.78 is 1.80. The van der Waals surface area contributed by atoms with E-state index in [2.05, 4.69) is 11.2 Å². The Morgan fingerprint density at radius 2 is 1.92 bits per heavy atom. The molecule has 24 heavy (non-hydrogen) atoms. The third-order valence-electron chi connectivity index (χ3n) is 3.93. The molecule has 0 atom stereocenters. The van der Waals surface area contributed by atoms with Crippen LogP contribution in [-0.4, -0.2) is 21.7 Å². The van der Waals surface area contributed by atoms with Gasteiger partial charge >= 0.3 is 0 Å². The molecule has 0 unspecified atom stereocenters. The Balaban J connectivity index is 2.59. The van der Waals surface area contributed by atoms with E-state index in [0.717, 1.165) is 27.9 Å². The quantitative estimate of drug-likeness (QED) is 0.868. The molecule has 1 aromatic carbocycles. The van der Waals surface area contributed by atoms with Gasteiger partial charge < -0.3 is 5.32 Å². The fraction of sp³-hybridized carbons (Fsp3) is 0.400. The van der Waals surface area contributed by atoms with Gasteiger partial charge in [0, 0.05) is 28.8 Å². The van der Waals surface area contributed by atoms with Crippen LogP contribution < -0.4 is 5.32 Å². The van der Waals surface area contributed by atoms with Crippen molar-refractivity contribution >= 4 is 5.91 Å². The molecule has 126 valence electrons. The van der Waals surface area contributed by atoms with E-state index in [1.54, 1.807) is 4.68 Å². The molecule has 1 amide bonds. The van der Waals surface area contributed by atoms with Crippen LogP contribution in [0.25, 0.3) is 11.3 Å². The van der Waals surface area contributed by atoms with E-state index in [-0.39, 0.29) is 18.0 Å². The van der Waals surface area contributed by atoms with Crippen LogP contribution in [0.3, 0.4) is 0 Å². The molecule has 2 aromatic rings. The highest BCUT2D eigenvalue weighted by Gasteiger charge is 2.23. The summed E-state index contributed by atoms with van der Waals surface area (Å²) in [6.45, 7) is 11.9. The van der Waals surface area contributed by atoms with Crippen LogP contribution >= 0.6 is 0 Å². The first-order chi connectivity index (χ1) is 11.3. The van der Waals surface area contributed by atoms with Crippen molar-refractivity contribution in [1.82, 2.24) is 15.1 Å². The highest BCUT2D eigenvalue weighted by Crippen LogP contribution is 2.28. The van der Waals surface area contributed by atoms with Crippen LogP contribution in [0, 0.1) is 26.2 Å². The molecule has 1 N–H and O–H groups in total. The molecular formula is C20H25N3O. The lowest BCUT2D eigenvalue weighted by atomic mass is 10.0. The molecule has 1 aromatic heterocycles. The Kier molecular flexibility index (Phi) is 5.14. The number of nitrogens with zero attached hydrogens (tertiary/aromatic N) is 2. The SMILES string of the molecule is C#Cc1ccc(-c2nn(C(C)C)c(C(=O)NC(C)C)c2C)cc1C. The van der Waals surface area contributed by atoms with Crippen LogP contribution in [0.2, 0.25) is 0 Å². The lowest BCUT2D eigenvalue weighted by molar-refractivity contribution is 0.0929. The number of hydrogen-bond donors (Lipinski definition) is 1. The second-order valence-electron chi connectivity index (χ2n) is 6.66. The zero-order valence-corrected chi connectivity index (χ0v) is 15.3. The minimum absolute atomic E-state index is 0.0769. The predicted octanol–water partition coefficient (Wildman–Crippen LogP) is 3.87. The van der Waals surface area contributed by atoms with Gasteiger partial charge in [-0.3, -0.25) is 9.48 Å². The Labute approximate surface area is 144 Å². The van der Waals surface area contributed by atoms with Gasteiger partial charge in [-0.2, -0.15) is 5.10 Å². The average Bonchev–Trinajstić information content (AvgIpc) is 2.84. The number of carbonyl (C=O) groups is 1. The molecule has 0 saturated carbocycles. The number of terminal acetylenes is 1. The maximum atomic E-state index is 12.6. The summed E-state index contributed by atoms with van der Waals surface area (Å²) in [5.41, 5.74) is 5.20. The van der Waals surface area contributed by atoms with Gasteiger partial charge in [0.2, 0.25) is 0 Å². The smallest absolute Gasteiger partial charge is 0.270 e. The lowest BCUT2D eigenvalue weighted by Gasteiger charge is -2.13. The summed E-state index contributed by atoms with van der Waals surface area (Å²) in [5.74, 6) is 2.58. The fourth-order valence-electron chi connectivity index (χ4n) is 2.74. The first-order valence-corrected chi connectivity index (χ1v) is 8.23. The van der Waals surface area contributed by atoms with E-state index in [1.165, 1.54) is 0 Å². The van der Waals surface area contributed by atoms with Crippen molar-refractivity contribution < 1.29 is 4.79 Å². The number of hydrogen-bond acceptors (Lipinski definition) is 2. The second-order valence-corrected chi connectivity index (χ2v) is 6.66. The number of aromatic nitrogens is 2. The standard InChI is InChI=1S/C20H25N3O/c1-8-16-9-10-17(11-14(16)6)18-15(7)19(20(24)21-12(2)3)23(22-18)13(4)5/h1,9-13H,2-7H3,(H,21,24). The number of amides is 1. The van der Waals surface area contributed by atoms with Gasteiger partial charge in [-0.25, -0.2) is 0 Å². The van der Waals surface area contributed by atoms with Gasteiger partial charge in [-0.05, 0) is 59.2 Å². The van der Waals surface area contributed by atoms with Gasteiger partial charge in [0.05, 0.1) is 5.69 Å². The van der Waals surface area contributed by atoms with Gasteiger partial charge in [0.15, 0.2) is 0 Å². The minimum Gasteiger partial charge on any atom is -0.349 e. The van der Waals surface area contributed by atoms with Crippen molar-refractivity contribution in [3.63, 3.8) is 0 Å². The summed E-state index contributed by atoms with van der Waals surface area (Å²) in [4.78, 5) is 12.6. The molecule has 0 radical (unpaired) electrons. The van der Waals surface area contributed by atoms with Gasteiger partial charge in [0.25, 0.3) is 5.91 Å². The molecule has 0 saturated heterocycles. The van der Waals surface area contributed by atoms with E-state index >= 15 is 0 Å². The summed E-state index contributed by atoms with van der Waals surface area (Å²) in [5, 5.41) is 7.67.